The lowest BCUT2D eigenvalue weighted by molar-refractivity contribution is -0.120. The monoisotopic (exact) mass is 496 g/mol. The van der Waals surface area contributed by atoms with Crippen LogP contribution in [0.5, 0.6) is 0 Å². The van der Waals surface area contributed by atoms with E-state index in [1.54, 1.807) is 12.1 Å². The second-order valence-corrected chi connectivity index (χ2v) is 11.1. The van der Waals surface area contributed by atoms with Crippen LogP contribution in [0, 0.1) is 5.82 Å². The SMILES string of the molecule is O=C(NC[C@H]1CN(c2ccc(N3CCNCC3)c(F)c2)C(=O)O1)C(P(=O)(O)O)P(=O)(O)O. The number of anilines is 2. The fourth-order valence-electron chi connectivity index (χ4n) is 3.47. The Kier molecular flexibility index (Phi) is 7.25. The van der Waals surface area contributed by atoms with E-state index in [-0.39, 0.29) is 12.2 Å². The van der Waals surface area contributed by atoms with E-state index < -0.39 is 51.1 Å². The van der Waals surface area contributed by atoms with Gasteiger partial charge in [0.1, 0.15) is 11.9 Å². The number of hydrogen-bond acceptors (Lipinski definition) is 7. The van der Waals surface area contributed by atoms with Gasteiger partial charge in [-0.2, -0.15) is 0 Å². The van der Waals surface area contributed by atoms with Gasteiger partial charge in [0.15, 0.2) is 0 Å². The van der Waals surface area contributed by atoms with Gasteiger partial charge in [0.2, 0.25) is 11.3 Å². The minimum atomic E-state index is -5.45. The summed E-state index contributed by atoms with van der Waals surface area (Å²) in [5, 5.41) is 2.28. The van der Waals surface area contributed by atoms with Crippen LogP contribution in [-0.2, 0) is 18.7 Å². The van der Waals surface area contributed by atoms with E-state index in [9.17, 15) is 23.1 Å². The molecule has 178 valence electrons. The number of amides is 2. The minimum absolute atomic E-state index is 0.123. The van der Waals surface area contributed by atoms with Crippen molar-refractivity contribution >= 4 is 38.6 Å². The maximum absolute atomic E-state index is 14.6. The van der Waals surface area contributed by atoms with Gasteiger partial charge in [0.25, 0.3) is 0 Å². The minimum Gasteiger partial charge on any atom is -0.442 e. The van der Waals surface area contributed by atoms with Crippen LogP contribution >= 0.6 is 15.2 Å². The summed E-state index contributed by atoms with van der Waals surface area (Å²) in [6.45, 7) is 2.12. The van der Waals surface area contributed by atoms with E-state index in [2.05, 4.69) is 5.32 Å². The fourth-order valence-corrected chi connectivity index (χ4v) is 5.83. The van der Waals surface area contributed by atoms with Crippen molar-refractivity contribution in [1.82, 2.24) is 10.6 Å². The van der Waals surface area contributed by atoms with E-state index in [1.165, 1.54) is 6.07 Å². The highest BCUT2D eigenvalue weighted by molar-refractivity contribution is 7.72. The van der Waals surface area contributed by atoms with Crippen LogP contribution in [0.15, 0.2) is 18.2 Å². The normalized spacial score (nSPS) is 19.9. The van der Waals surface area contributed by atoms with Crippen LogP contribution in [0.2, 0.25) is 0 Å². The predicted molar refractivity (Wildman–Crippen MR) is 110 cm³/mol. The highest BCUT2D eigenvalue weighted by Crippen LogP contribution is 2.59. The second kappa shape index (κ2) is 9.44. The molecule has 0 aliphatic carbocycles. The molecular weight excluding hydrogens is 473 g/mol. The first kappa shape index (κ1) is 24.6. The van der Waals surface area contributed by atoms with Gasteiger partial charge in [-0.25, -0.2) is 9.18 Å². The quantitative estimate of drug-likeness (QED) is 0.263. The lowest BCUT2D eigenvalue weighted by Gasteiger charge is -2.30. The van der Waals surface area contributed by atoms with Gasteiger partial charge in [-0.1, -0.05) is 0 Å². The van der Waals surface area contributed by atoms with Crippen LogP contribution < -0.4 is 20.4 Å². The molecule has 16 heteroatoms. The average Bonchev–Trinajstić information content (AvgIpc) is 3.05. The Morgan fingerprint density at radius 1 is 1.22 bits per heavy atom. The third-order valence-corrected chi connectivity index (χ3v) is 8.50. The highest BCUT2D eigenvalue weighted by Gasteiger charge is 2.49. The Morgan fingerprint density at radius 3 is 2.41 bits per heavy atom. The van der Waals surface area contributed by atoms with Crippen molar-refractivity contribution in [3.05, 3.63) is 24.0 Å². The number of nitrogens with zero attached hydrogens (tertiary/aromatic N) is 2. The molecule has 0 radical (unpaired) electrons. The van der Waals surface area contributed by atoms with Crippen molar-refractivity contribution in [3.8, 4) is 0 Å². The zero-order valence-corrected chi connectivity index (χ0v) is 18.4. The van der Waals surface area contributed by atoms with Gasteiger partial charge >= 0.3 is 21.3 Å². The smallest absolute Gasteiger partial charge is 0.414 e. The lowest BCUT2D eigenvalue weighted by atomic mass is 10.2. The summed E-state index contributed by atoms with van der Waals surface area (Å²) >= 11 is 0. The summed E-state index contributed by atoms with van der Waals surface area (Å²) in [5.74, 6) is -2.10. The third-order valence-electron chi connectivity index (χ3n) is 4.95. The molecule has 2 heterocycles. The number of carbonyl (C=O) groups is 2. The first-order valence-electron chi connectivity index (χ1n) is 9.49. The maximum Gasteiger partial charge on any atom is 0.414 e. The van der Waals surface area contributed by atoms with E-state index in [0.717, 1.165) is 18.0 Å². The van der Waals surface area contributed by atoms with E-state index >= 15 is 0 Å². The zero-order chi connectivity index (χ0) is 23.7. The summed E-state index contributed by atoms with van der Waals surface area (Å²) < 4.78 is 42.3. The number of halogens is 1. The van der Waals surface area contributed by atoms with Crippen molar-refractivity contribution < 1.29 is 47.4 Å². The van der Waals surface area contributed by atoms with E-state index in [1.807, 2.05) is 10.2 Å². The van der Waals surface area contributed by atoms with Gasteiger partial charge in [-0.3, -0.25) is 18.8 Å². The Hall–Kier alpha value is -2.05. The number of piperazine rings is 1. The first-order valence-corrected chi connectivity index (χ1v) is 12.9. The maximum atomic E-state index is 14.6. The fraction of sp³-hybridized carbons (Fsp3) is 0.500. The second-order valence-electron chi connectivity index (χ2n) is 7.29. The molecule has 1 aromatic rings. The number of carbonyl (C=O) groups excluding carboxylic acids is 2. The number of cyclic esters (lactones) is 1. The summed E-state index contributed by atoms with van der Waals surface area (Å²) in [4.78, 5) is 63.4. The van der Waals surface area contributed by atoms with Gasteiger partial charge < -0.3 is 39.8 Å². The molecule has 2 saturated heterocycles. The van der Waals surface area contributed by atoms with Crippen LogP contribution in [0.1, 0.15) is 0 Å². The first-order chi connectivity index (χ1) is 14.9. The summed E-state index contributed by atoms with van der Waals surface area (Å²) in [7, 11) is -10.9. The van der Waals surface area contributed by atoms with E-state index in [0.29, 0.717) is 18.8 Å². The molecule has 0 spiro atoms. The lowest BCUT2D eigenvalue weighted by Crippen LogP contribution is -2.43. The summed E-state index contributed by atoms with van der Waals surface area (Å²) in [6.07, 6.45) is -1.82. The molecule has 1 aromatic carbocycles. The Morgan fingerprint density at radius 2 is 1.84 bits per heavy atom. The van der Waals surface area contributed by atoms with Crippen LogP contribution in [0.3, 0.4) is 0 Å². The molecule has 2 amide bonds. The molecule has 3 rings (SSSR count). The van der Waals surface area contributed by atoms with Crippen molar-refractivity contribution in [1.29, 1.82) is 0 Å². The molecule has 6 N–H and O–H groups in total. The molecule has 13 nitrogen and oxygen atoms in total. The van der Waals surface area contributed by atoms with Crippen LogP contribution in [-0.4, -0.2) is 82.3 Å². The molecule has 2 aliphatic heterocycles. The number of rotatable bonds is 7. The summed E-state index contributed by atoms with van der Waals surface area (Å²) in [6, 6.07) is 4.26. The van der Waals surface area contributed by atoms with Crippen LogP contribution in [0.25, 0.3) is 0 Å². The van der Waals surface area contributed by atoms with Gasteiger partial charge in [-0.05, 0) is 18.2 Å². The van der Waals surface area contributed by atoms with Gasteiger partial charge in [-0.15, -0.1) is 0 Å². The van der Waals surface area contributed by atoms with E-state index in [4.69, 9.17) is 24.3 Å². The molecule has 2 fully saturated rings. The Balaban J connectivity index is 1.64. The number of ether oxygens (including phenoxy) is 1. The molecule has 0 bridgehead atoms. The zero-order valence-electron chi connectivity index (χ0n) is 16.6. The predicted octanol–water partition coefficient (Wildman–Crippen LogP) is -0.642. The molecular formula is C16H23FN4O9P2. The third kappa shape index (κ3) is 5.65. The van der Waals surface area contributed by atoms with Crippen molar-refractivity contribution in [3.63, 3.8) is 0 Å². The average molecular weight is 496 g/mol. The van der Waals surface area contributed by atoms with Crippen LogP contribution in [0.4, 0.5) is 20.6 Å². The Bertz CT molecular complexity index is 956. The number of benzene rings is 1. The molecule has 0 aromatic heterocycles. The standard InChI is InChI=1S/C16H23FN4O9P2/c17-12-7-10(1-2-13(12)20-5-3-18-4-6-20)21-9-11(30-16(21)23)8-19-14(22)15(31(24,25)26)32(27,28)29/h1-2,7,11,15,18H,3-6,8-9H2,(H,19,22)(H2,24,25,26)(H2,27,28,29)/t11-/m0/s1. The Labute approximate surface area is 181 Å². The molecule has 0 saturated carbocycles. The van der Waals surface area contributed by atoms with Crippen molar-refractivity contribution in [2.24, 2.45) is 0 Å². The summed E-state index contributed by atoms with van der Waals surface area (Å²) in [5.41, 5.74) is 0.607. The largest absolute Gasteiger partial charge is 0.442 e. The van der Waals surface area contributed by atoms with Crippen molar-refractivity contribution in [2.45, 2.75) is 11.5 Å². The highest BCUT2D eigenvalue weighted by atomic mass is 31.2. The van der Waals surface area contributed by atoms with Crippen molar-refractivity contribution in [2.75, 3.05) is 49.1 Å². The molecule has 2 aliphatic rings. The van der Waals surface area contributed by atoms with Gasteiger partial charge in [0, 0.05) is 26.2 Å². The van der Waals surface area contributed by atoms with Gasteiger partial charge in [0.05, 0.1) is 24.5 Å². The topological polar surface area (TPSA) is 189 Å². The number of hydrogen-bond donors (Lipinski definition) is 6. The molecule has 32 heavy (non-hydrogen) atoms. The molecule has 1 atom stereocenters. The molecule has 0 unspecified atom stereocenters. The number of nitrogens with one attached hydrogen (secondary N) is 2.